The van der Waals surface area contributed by atoms with Gasteiger partial charge in [0.2, 0.25) is 0 Å². The van der Waals surface area contributed by atoms with E-state index in [4.69, 9.17) is 0 Å². The number of fused-ring (bicyclic) bond motifs is 11. The first kappa shape index (κ1) is 57.9. The molecule has 0 bridgehead atoms. The smallest absolute Gasteiger partial charge is 0.333 e. The molecule has 1 fully saturated rings. The summed E-state index contributed by atoms with van der Waals surface area (Å²) in [5, 5.41) is 0. The van der Waals surface area contributed by atoms with E-state index in [0.717, 1.165) is 12.8 Å². The zero-order valence-corrected chi connectivity index (χ0v) is 56.5. The standard InChI is InChI=1S/C83H96BN3/c1-75(2,3)52-28-33-56(34-29-52)85(57-35-30-53(31-36-57)76(4,5)6)58-45-63-62-48-64-61(60-47-66-67(50-65(60)81(64,17)18)80(15,16)41-40-79(66,13)14)49-71(62)87(70-37-32-54(77(7,8)9)42-59(70)51-26-22-21-23-27-51)84-69-44-55(78(10,11)12)43-68-74(69)86(72(46-58)73(63)84)83(20)39-25-24-38-82(68,83)19/h21-23,26-37,42-50H,24-25,38-41H2,1-20H3. The molecule has 0 spiro atoms. The summed E-state index contributed by atoms with van der Waals surface area (Å²) < 4.78 is 0. The molecule has 0 amide bonds. The van der Waals surface area contributed by atoms with E-state index in [1.54, 1.807) is 0 Å². The first-order valence-electron chi connectivity index (χ1n) is 33.2. The van der Waals surface area contributed by atoms with Gasteiger partial charge < -0.3 is 14.6 Å². The fraction of sp³-hybridized carbons (Fsp3) is 0.422. The van der Waals surface area contributed by atoms with Crippen LogP contribution in [0.4, 0.5) is 39.8 Å². The van der Waals surface area contributed by atoms with Gasteiger partial charge in [-0.3, -0.25) is 0 Å². The monoisotopic (exact) mass is 1150 g/mol. The molecule has 3 aliphatic heterocycles. The normalized spacial score (nSPS) is 20.9. The van der Waals surface area contributed by atoms with Crippen molar-refractivity contribution >= 4 is 57.6 Å². The lowest BCUT2D eigenvalue weighted by Crippen LogP contribution is -2.64. The van der Waals surface area contributed by atoms with Gasteiger partial charge in [-0.15, -0.1) is 0 Å². The molecule has 2 atom stereocenters. The van der Waals surface area contributed by atoms with Gasteiger partial charge >= 0.3 is 6.85 Å². The Labute approximate surface area is 524 Å². The van der Waals surface area contributed by atoms with E-state index < -0.39 is 0 Å². The van der Waals surface area contributed by atoms with Gasteiger partial charge in [-0.25, -0.2) is 0 Å². The summed E-state index contributed by atoms with van der Waals surface area (Å²) >= 11 is 0. The topological polar surface area (TPSA) is 9.72 Å². The van der Waals surface area contributed by atoms with Crippen molar-refractivity contribution in [3.8, 4) is 33.4 Å². The molecule has 0 saturated heterocycles. The van der Waals surface area contributed by atoms with Crippen molar-refractivity contribution in [1.82, 2.24) is 0 Å². The highest BCUT2D eigenvalue weighted by molar-refractivity contribution is 6.93. The van der Waals surface area contributed by atoms with Crippen molar-refractivity contribution in [2.24, 2.45) is 0 Å². The minimum Gasteiger partial charge on any atom is -0.376 e. The summed E-state index contributed by atoms with van der Waals surface area (Å²) in [6.07, 6.45) is 7.11. The van der Waals surface area contributed by atoms with Crippen LogP contribution in [-0.4, -0.2) is 12.4 Å². The molecule has 1 saturated carbocycles. The molecule has 8 aromatic carbocycles. The molecule has 3 heterocycles. The van der Waals surface area contributed by atoms with Crippen LogP contribution in [-0.2, 0) is 43.3 Å². The third-order valence-electron chi connectivity index (χ3n) is 23.1. The maximum atomic E-state index is 2.96. The molecule has 0 radical (unpaired) electrons. The van der Waals surface area contributed by atoms with E-state index in [9.17, 15) is 0 Å². The summed E-state index contributed by atoms with van der Waals surface area (Å²) in [5.74, 6) is 0. The Morgan fingerprint density at radius 1 is 0.391 bits per heavy atom. The summed E-state index contributed by atoms with van der Waals surface area (Å²) in [7, 11) is 0. The summed E-state index contributed by atoms with van der Waals surface area (Å²) in [4.78, 5) is 8.43. The summed E-state index contributed by atoms with van der Waals surface area (Å²) in [6, 6.07) is 59.3. The Morgan fingerprint density at radius 3 is 1.51 bits per heavy atom. The number of benzene rings is 8. The molecular formula is C83H96BN3. The van der Waals surface area contributed by atoms with Crippen LogP contribution in [0.25, 0.3) is 33.4 Å². The number of hydrogen-bond donors (Lipinski definition) is 0. The van der Waals surface area contributed by atoms with Crippen LogP contribution in [0.15, 0.2) is 146 Å². The highest BCUT2D eigenvalue weighted by Crippen LogP contribution is 2.65. The van der Waals surface area contributed by atoms with Crippen LogP contribution >= 0.6 is 0 Å². The fourth-order valence-electron chi connectivity index (χ4n) is 17.1. The van der Waals surface area contributed by atoms with Crippen LogP contribution in [0.5, 0.6) is 0 Å². The number of hydrogen-bond acceptors (Lipinski definition) is 3. The molecule has 0 N–H and O–H groups in total. The Morgan fingerprint density at radius 2 is 0.920 bits per heavy atom. The van der Waals surface area contributed by atoms with Crippen molar-refractivity contribution in [2.45, 2.75) is 226 Å². The highest BCUT2D eigenvalue weighted by atomic mass is 15.3. The molecule has 3 aliphatic carbocycles. The Balaban J connectivity index is 1.15. The predicted molar refractivity (Wildman–Crippen MR) is 376 cm³/mol. The molecule has 14 rings (SSSR count). The van der Waals surface area contributed by atoms with Crippen LogP contribution in [0.2, 0.25) is 0 Å². The van der Waals surface area contributed by atoms with Crippen LogP contribution in [0.1, 0.15) is 227 Å². The maximum absolute atomic E-state index is 2.96. The van der Waals surface area contributed by atoms with Gasteiger partial charge in [0.15, 0.2) is 0 Å². The molecule has 2 unspecified atom stereocenters. The van der Waals surface area contributed by atoms with Crippen molar-refractivity contribution in [2.75, 3.05) is 14.6 Å². The SMILES string of the molecule is CC(C)(C)c1ccc(N(c2ccc(C(C)(C)C)cc2)c2cc3c4c(c2)N2c5c(cc(C(C)(C)C)cc5C5(C)CCCCC25C)B4N(c2ccc(C(C)(C)C)cc2-c2ccccc2)c2cc4c(cc2-3)C(C)(C)c2cc3c(cc2-4)C(C)(C)CCC3(C)C)cc1. The van der Waals surface area contributed by atoms with Crippen molar-refractivity contribution in [3.05, 3.63) is 196 Å². The lowest BCUT2D eigenvalue weighted by molar-refractivity contribution is 0.195. The van der Waals surface area contributed by atoms with E-state index in [2.05, 4.69) is 299 Å². The van der Waals surface area contributed by atoms with Crippen LogP contribution in [0, 0.1) is 0 Å². The van der Waals surface area contributed by atoms with E-state index >= 15 is 0 Å². The molecular weight excluding hydrogens is 1050 g/mol. The Bertz CT molecular complexity index is 4090. The first-order valence-corrected chi connectivity index (χ1v) is 33.2. The zero-order valence-electron chi connectivity index (χ0n) is 56.5. The lowest BCUT2D eigenvalue weighted by atomic mass is 9.43. The van der Waals surface area contributed by atoms with Crippen LogP contribution < -0.4 is 25.5 Å². The van der Waals surface area contributed by atoms with Crippen molar-refractivity contribution in [3.63, 3.8) is 0 Å². The first-order chi connectivity index (χ1) is 40.6. The Hall–Kier alpha value is -6.78. The second kappa shape index (κ2) is 18.7. The van der Waals surface area contributed by atoms with E-state index in [-0.39, 0.29) is 55.7 Å². The molecule has 0 aromatic heterocycles. The molecule has 8 aromatic rings. The van der Waals surface area contributed by atoms with Crippen molar-refractivity contribution in [1.29, 1.82) is 0 Å². The molecule has 3 nitrogen and oxygen atoms in total. The van der Waals surface area contributed by atoms with Crippen LogP contribution in [0.3, 0.4) is 0 Å². The quantitative estimate of drug-likeness (QED) is 0.159. The van der Waals surface area contributed by atoms with Gasteiger partial charge in [0.25, 0.3) is 0 Å². The fourth-order valence-corrected chi connectivity index (χ4v) is 17.1. The second-order valence-electron chi connectivity index (χ2n) is 34.1. The molecule has 4 heteroatoms. The van der Waals surface area contributed by atoms with Gasteiger partial charge in [-0.05, 0) is 215 Å². The van der Waals surface area contributed by atoms with E-state index in [0.29, 0.717) is 0 Å². The maximum Gasteiger partial charge on any atom is 0.333 e. The number of rotatable bonds is 5. The minimum atomic E-state index is -0.250. The molecule has 6 aliphatic rings. The van der Waals surface area contributed by atoms with Gasteiger partial charge in [0.1, 0.15) is 0 Å². The lowest BCUT2D eigenvalue weighted by Gasteiger charge is -2.53. The second-order valence-corrected chi connectivity index (χ2v) is 34.1. The molecule has 87 heavy (non-hydrogen) atoms. The average molecular weight is 1150 g/mol. The van der Waals surface area contributed by atoms with E-state index in [1.165, 1.54) is 160 Å². The van der Waals surface area contributed by atoms with Crippen molar-refractivity contribution < 1.29 is 0 Å². The third-order valence-corrected chi connectivity index (χ3v) is 23.1. The van der Waals surface area contributed by atoms with Gasteiger partial charge in [0.05, 0.1) is 5.54 Å². The summed E-state index contributed by atoms with van der Waals surface area (Å²) in [6.45, 7) is 48.6. The summed E-state index contributed by atoms with van der Waals surface area (Å²) in [5.41, 5.74) is 32.1. The number of nitrogens with zero attached hydrogens (tertiary/aromatic N) is 3. The highest BCUT2D eigenvalue weighted by Gasteiger charge is 2.62. The Kier molecular flexibility index (Phi) is 12.4. The predicted octanol–water partition coefficient (Wildman–Crippen LogP) is 21.6. The third kappa shape index (κ3) is 8.54. The van der Waals surface area contributed by atoms with Gasteiger partial charge in [0, 0.05) is 61.8 Å². The van der Waals surface area contributed by atoms with E-state index in [1.807, 2.05) is 0 Å². The van der Waals surface area contributed by atoms with Gasteiger partial charge in [-0.1, -0.05) is 223 Å². The zero-order chi connectivity index (χ0) is 61.9. The average Bonchev–Trinajstić information content (AvgIpc) is 1.57. The minimum absolute atomic E-state index is 0.0149. The van der Waals surface area contributed by atoms with Gasteiger partial charge in [-0.2, -0.15) is 0 Å². The molecule has 446 valence electrons. The largest absolute Gasteiger partial charge is 0.376 e. The number of anilines is 7.